The van der Waals surface area contributed by atoms with E-state index in [1.807, 2.05) is 6.26 Å². The first kappa shape index (κ1) is 13.3. The van der Waals surface area contributed by atoms with E-state index in [4.69, 9.17) is 5.11 Å². The summed E-state index contributed by atoms with van der Waals surface area (Å²) in [5.74, 6) is -1.31. The first-order chi connectivity index (χ1) is 6.40. The van der Waals surface area contributed by atoms with Gasteiger partial charge in [0.05, 0.1) is 5.25 Å². The van der Waals surface area contributed by atoms with Crippen LogP contribution >= 0.6 is 11.8 Å². The Hall–Kier alpha value is -0.710. The Kier molecular flexibility index (Phi) is 5.60. The van der Waals surface area contributed by atoms with Gasteiger partial charge in [-0.1, -0.05) is 13.8 Å². The van der Waals surface area contributed by atoms with Gasteiger partial charge in [-0.3, -0.25) is 4.79 Å². The lowest BCUT2D eigenvalue weighted by atomic mass is 10.0. The number of carbonyl (C=O) groups excluding carboxylic acids is 1. The molecule has 0 aliphatic carbocycles. The van der Waals surface area contributed by atoms with E-state index in [9.17, 15) is 9.59 Å². The van der Waals surface area contributed by atoms with Gasteiger partial charge in [-0.2, -0.15) is 11.8 Å². The molecule has 14 heavy (non-hydrogen) atoms. The number of aliphatic carboxylic acids is 1. The number of amides is 1. The van der Waals surface area contributed by atoms with Crippen LogP contribution in [0, 0.1) is 5.92 Å². The van der Waals surface area contributed by atoms with E-state index in [0.717, 1.165) is 0 Å². The predicted octanol–water partition coefficient (Wildman–Crippen LogP) is 0.963. The number of hydrogen-bond acceptors (Lipinski definition) is 3. The minimum absolute atomic E-state index is 0.106. The van der Waals surface area contributed by atoms with Crippen molar-refractivity contribution in [2.75, 3.05) is 6.26 Å². The van der Waals surface area contributed by atoms with Crippen molar-refractivity contribution in [1.29, 1.82) is 0 Å². The summed E-state index contributed by atoms with van der Waals surface area (Å²) in [6.07, 6.45) is 1.81. The van der Waals surface area contributed by atoms with E-state index in [0.29, 0.717) is 0 Å². The van der Waals surface area contributed by atoms with Gasteiger partial charge in [-0.15, -0.1) is 0 Å². The number of hydrogen-bond donors (Lipinski definition) is 2. The molecule has 0 bridgehead atoms. The second kappa shape index (κ2) is 5.90. The van der Waals surface area contributed by atoms with Crippen molar-refractivity contribution in [2.24, 2.45) is 5.92 Å². The number of carboxylic acid groups (broad SMARTS) is 1. The van der Waals surface area contributed by atoms with Gasteiger partial charge in [-0.05, 0) is 19.1 Å². The first-order valence-electron chi connectivity index (χ1n) is 4.46. The second-order valence-electron chi connectivity index (χ2n) is 3.45. The van der Waals surface area contributed by atoms with Crippen LogP contribution in [0.3, 0.4) is 0 Å². The third kappa shape index (κ3) is 4.00. The molecular weight excluding hydrogens is 202 g/mol. The maximum absolute atomic E-state index is 11.4. The van der Waals surface area contributed by atoms with Crippen molar-refractivity contribution >= 4 is 23.6 Å². The molecule has 0 aromatic carbocycles. The fraction of sp³-hybridized carbons (Fsp3) is 0.778. The fourth-order valence-electron chi connectivity index (χ4n) is 0.891. The standard InChI is InChI=1S/C9H17NO3S/c1-5(2)7(9(12)13)10-8(11)6(3)14-4/h5-7H,1-4H3,(H,10,11)(H,12,13)/t6?,7-/m0/s1. The van der Waals surface area contributed by atoms with Crippen molar-refractivity contribution in [3.8, 4) is 0 Å². The summed E-state index contributed by atoms with van der Waals surface area (Å²) >= 11 is 1.39. The molecule has 1 amide bonds. The average molecular weight is 219 g/mol. The Morgan fingerprint density at radius 3 is 2.07 bits per heavy atom. The summed E-state index contributed by atoms with van der Waals surface area (Å²) < 4.78 is 0. The number of thioether (sulfide) groups is 1. The van der Waals surface area contributed by atoms with Gasteiger partial charge in [0.2, 0.25) is 5.91 Å². The van der Waals surface area contributed by atoms with Gasteiger partial charge < -0.3 is 10.4 Å². The van der Waals surface area contributed by atoms with Crippen LogP contribution in [-0.2, 0) is 9.59 Å². The maximum atomic E-state index is 11.4. The molecule has 4 nitrogen and oxygen atoms in total. The van der Waals surface area contributed by atoms with Crippen molar-refractivity contribution < 1.29 is 14.7 Å². The summed E-state index contributed by atoms with van der Waals surface area (Å²) in [6.45, 7) is 5.28. The van der Waals surface area contributed by atoms with Crippen LogP contribution in [0.4, 0.5) is 0 Å². The molecule has 0 heterocycles. The fourth-order valence-corrected chi connectivity index (χ4v) is 1.17. The van der Waals surface area contributed by atoms with Crippen molar-refractivity contribution in [3.63, 3.8) is 0 Å². The monoisotopic (exact) mass is 219 g/mol. The van der Waals surface area contributed by atoms with Crippen LogP contribution in [0.15, 0.2) is 0 Å². The minimum Gasteiger partial charge on any atom is -0.480 e. The number of carboxylic acids is 1. The lowest BCUT2D eigenvalue weighted by Crippen LogP contribution is -2.46. The van der Waals surface area contributed by atoms with Crippen molar-refractivity contribution in [3.05, 3.63) is 0 Å². The average Bonchev–Trinajstić information content (AvgIpc) is 2.11. The molecule has 0 aromatic heterocycles. The van der Waals surface area contributed by atoms with Gasteiger partial charge in [0, 0.05) is 0 Å². The van der Waals surface area contributed by atoms with E-state index >= 15 is 0 Å². The van der Waals surface area contributed by atoms with Crippen LogP contribution in [0.5, 0.6) is 0 Å². The third-order valence-electron chi connectivity index (χ3n) is 1.95. The number of rotatable bonds is 5. The van der Waals surface area contributed by atoms with Crippen LogP contribution in [0.1, 0.15) is 20.8 Å². The van der Waals surface area contributed by atoms with Gasteiger partial charge in [-0.25, -0.2) is 4.79 Å². The zero-order chi connectivity index (χ0) is 11.3. The molecule has 0 fully saturated rings. The third-order valence-corrected chi connectivity index (χ3v) is 2.87. The van der Waals surface area contributed by atoms with Gasteiger partial charge in [0.1, 0.15) is 6.04 Å². The Balaban J connectivity index is 4.31. The number of carbonyl (C=O) groups is 2. The molecule has 2 N–H and O–H groups in total. The predicted molar refractivity (Wildman–Crippen MR) is 57.4 cm³/mol. The lowest BCUT2D eigenvalue weighted by molar-refractivity contribution is -0.143. The van der Waals surface area contributed by atoms with E-state index in [1.165, 1.54) is 11.8 Å². The molecule has 0 saturated carbocycles. The Morgan fingerprint density at radius 1 is 1.29 bits per heavy atom. The number of nitrogens with one attached hydrogen (secondary N) is 1. The zero-order valence-electron chi connectivity index (χ0n) is 8.90. The van der Waals surface area contributed by atoms with Gasteiger partial charge in [0.15, 0.2) is 0 Å². The molecular formula is C9H17NO3S. The van der Waals surface area contributed by atoms with E-state index in [-0.39, 0.29) is 17.1 Å². The van der Waals surface area contributed by atoms with Crippen LogP contribution in [0.25, 0.3) is 0 Å². The summed E-state index contributed by atoms with van der Waals surface area (Å²) in [7, 11) is 0. The SMILES string of the molecule is CSC(C)C(=O)N[C@H](C(=O)O)C(C)C. The normalized spacial score (nSPS) is 14.9. The highest BCUT2D eigenvalue weighted by atomic mass is 32.2. The molecule has 0 aromatic rings. The summed E-state index contributed by atoms with van der Waals surface area (Å²) in [5, 5.41) is 11.1. The molecule has 2 atom stereocenters. The minimum atomic E-state index is -0.985. The highest BCUT2D eigenvalue weighted by molar-refractivity contribution is 7.99. The van der Waals surface area contributed by atoms with Crippen LogP contribution in [-0.4, -0.2) is 34.5 Å². The highest BCUT2D eigenvalue weighted by Gasteiger charge is 2.25. The first-order valence-corrected chi connectivity index (χ1v) is 5.75. The molecule has 0 aliphatic heterocycles. The topological polar surface area (TPSA) is 66.4 Å². The second-order valence-corrected chi connectivity index (χ2v) is 4.62. The summed E-state index contributed by atoms with van der Waals surface area (Å²) in [5.41, 5.74) is 0. The van der Waals surface area contributed by atoms with E-state index in [1.54, 1.807) is 20.8 Å². The molecule has 1 unspecified atom stereocenters. The molecule has 5 heteroatoms. The van der Waals surface area contributed by atoms with Crippen molar-refractivity contribution in [2.45, 2.75) is 32.1 Å². The molecule has 0 spiro atoms. The maximum Gasteiger partial charge on any atom is 0.326 e. The summed E-state index contributed by atoms with van der Waals surface area (Å²) in [4.78, 5) is 22.2. The Morgan fingerprint density at radius 2 is 1.79 bits per heavy atom. The Bertz CT molecular complexity index is 218. The highest BCUT2D eigenvalue weighted by Crippen LogP contribution is 2.07. The largest absolute Gasteiger partial charge is 0.480 e. The van der Waals surface area contributed by atoms with E-state index < -0.39 is 12.0 Å². The molecule has 0 aliphatic rings. The molecule has 0 rings (SSSR count). The smallest absolute Gasteiger partial charge is 0.326 e. The molecule has 82 valence electrons. The summed E-state index contributed by atoms with van der Waals surface area (Å²) in [6, 6.07) is -0.794. The van der Waals surface area contributed by atoms with Gasteiger partial charge in [0.25, 0.3) is 0 Å². The van der Waals surface area contributed by atoms with Crippen LogP contribution < -0.4 is 5.32 Å². The molecule has 0 radical (unpaired) electrons. The lowest BCUT2D eigenvalue weighted by Gasteiger charge is -2.19. The van der Waals surface area contributed by atoms with Crippen LogP contribution in [0.2, 0.25) is 0 Å². The zero-order valence-corrected chi connectivity index (χ0v) is 9.72. The Labute approximate surface area is 88.4 Å². The molecule has 0 saturated heterocycles. The quantitative estimate of drug-likeness (QED) is 0.723. The van der Waals surface area contributed by atoms with Crippen molar-refractivity contribution in [1.82, 2.24) is 5.32 Å². The van der Waals surface area contributed by atoms with Gasteiger partial charge >= 0.3 is 5.97 Å². The van der Waals surface area contributed by atoms with E-state index in [2.05, 4.69) is 5.32 Å².